The van der Waals surface area contributed by atoms with Gasteiger partial charge in [0.2, 0.25) is 0 Å². The first-order valence-electron chi connectivity index (χ1n) is 6.86. The molecule has 2 fully saturated rings. The monoisotopic (exact) mass is 330 g/mol. The van der Waals surface area contributed by atoms with Crippen LogP contribution in [0.2, 0.25) is 0 Å². The third-order valence-electron chi connectivity index (χ3n) is 3.55. The van der Waals surface area contributed by atoms with Gasteiger partial charge < -0.3 is 18.9 Å². The normalized spacial score (nSPS) is 35.3. The van der Waals surface area contributed by atoms with Crippen LogP contribution in [0.4, 0.5) is 0 Å². The van der Waals surface area contributed by atoms with Crippen LogP contribution in [0, 0.1) is 0 Å². The zero-order valence-electron chi connectivity index (χ0n) is 12.2. The maximum Gasteiger partial charge on any atom is 0.264 e. The highest BCUT2D eigenvalue weighted by molar-refractivity contribution is 7.86. The van der Waals surface area contributed by atoms with Crippen molar-refractivity contribution in [2.45, 2.75) is 30.9 Å². The molecule has 2 unspecified atom stereocenters. The molecule has 0 amide bonds. The van der Waals surface area contributed by atoms with Gasteiger partial charge in [-0.05, 0) is 0 Å². The predicted molar refractivity (Wildman–Crippen MR) is 75.4 cm³/mol. The topological polar surface area (TPSA) is 80.3 Å². The first-order chi connectivity index (χ1) is 10.5. The van der Waals surface area contributed by atoms with E-state index < -0.39 is 41.0 Å². The van der Waals surface area contributed by atoms with Crippen LogP contribution in [-0.2, 0) is 33.2 Å². The van der Waals surface area contributed by atoms with Crippen LogP contribution in [0.1, 0.15) is 11.9 Å². The Labute approximate surface area is 129 Å². The first-order valence-corrected chi connectivity index (χ1v) is 8.68. The van der Waals surface area contributed by atoms with Crippen molar-refractivity contribution >= 4 is 10.1 Å². The molecule has 8 heteroatoms. The number of rotatable bonds is 4. The Hall–Kier alpha value is -1.03. The van der Waals surface area contributed by atoms with Crippen LogP contribution in [-0.4, -0.2) is 53.0 Å². The fourth-order valence-electron chi connectivity index (χ4n) is 2.63. The molecule has 3 rings (SSSR count). The van der Waals surface area contributed by atoms with Crippen LogP contribution < -0.4 is 0 Å². The molecule has 2 aliphatic rings. The highest BCUT2D eigenvalue weighted by Crippen LogP contribution is 2.36. The number of methoxy groups -OCH3 is 1. The Bertz CT molecular complexity index is 603. The van der Waals surface area contributed by atoms with Crippen molar-refractivity contribution in [2.24, 2.45) is 0 Å². The van der Waals surface area contributed by atoms with Crippen LogP contribution >= 0.6 is 0 Å². The second kappa shape index (κ2) is 6.23. The molecule has 7 nitrogen and oxygen atoms in total. The lowest BCUT2D eigenvalue weighted by atomic mass is 10.1. The molecule has 2 aliphatic heterocycles. The summed E-state index contributed by atoms with van der Waals surface area (Å²) >= 11 is 0. The van der Waals surface area contributed by atoms with Crippen LogP contribution in [0.15, 0.2) is 30.3 Å². The molecule has 1 aromatic carbocycles. The Morgan fingerprint density at radius 1 is 1.18 bits per heavy atom. The molecule has 0 bridgehead atoms. The van der Waals surface area contributed by atoms with E-state index >= 15 is 0 Å². The summed E-state index contributed by atoms with van der Waals surface area (Å²) in [6.07, 6.45) is -2.30. The molecule has 0 aromatic heterocycles. The maximum absolute atomic E-state index is 11.5. The quantitative estimate of drug-likeness (QED) is 0.756. The summed E-state index contributed by atoms with van der Waals surface area (Å²) in [4.78, 5) is 0. The summed E-state index contributed by atoms with van der Waals surface area (Å²) in [6.45, 7) is 0.272. The molecule has 0 spiro atoms. The average molecular weight is 330 g/mol. The van der Waals surface area contributed by atoms with Gasteiger partial charge in [0, 0.05) is 12.7 Å². The first kappa shape index (κ1) is 15.9. The fraction of sp³-hybridized carbons (Fsp3) is 0.571. The largest absolute Gasteiger partial charge is 0.353 e. The van der Waals surface area contributed by atoms with Crippen molar-refractivity contribution in [3.8, 4) is 0 Å². The second-order valence-electron chi connectivity index (χ2n) is 5.22. The van der Waals surface area contributed by atoms with E-state index in [1.807, 2.05) is 30.3 Å². The third kappa shape index (κ3) is 3.32. The fourth-order valence-corrected chi connectivity index (χ4v) is 3.24. The van der Waals surface area contributed by atoms with Gasteiger partial charge in [0.15, 0.2) is 18.7 Å². The predicted octanol–water partition coefficient (Wildman–Crippen LogP) is 0.817. The average Bonchev–Trinajstić information content (AvgIpc) is 2.83. The minimum Gasteiger partial charge on any atom is -0.353 e. The molecular formula is C14H18O7S. The number of hydrogen-bond acceptors (Lipinski definition) is 7. The van der Waals surface area contributed by atoms with E-state index in [9.17, 15) is 8.42 Å². The SMILES string of the molecule is CO[C@H]1OC2CO[C@H](c3ccccc3)OC2[C@H]1OS(C)(=O)=O. The number of ether oxygens (including phenoxy) is 4. The molecule has 0 aliphatic carbocycles. The van der Waals surface area contributed by atoms with Crippen molar-refractivity contribution in [2.75, 3.05) is 20.0 Å². The van der Waals surface area contributed by atoms with Gasteiger partial charge in [-0.3, -0.25) is 4.18 Å². The van der Waals surface area contributed by atoms with Crippen molar-refractivity contribution in [3.63, 3.8) is 0 Å². The molecule has 0 N–H and O–H groups in total. The van der Waals surface area contributed by atoms with E-state index in [4.69, 9.17) is 23.1 Å². The Morgan fingerprint density at radius 2 is 1.91 bits per heavy atom. The molecule has 122 valence electrons. The third-order valence-corrected chi connectivity index (χ3v) is 4.12. The van der Waals surface area contributed by atoms with Crippen LogP contribution in [0.5, 0.6) is 0 Å². The van der Waals surface area contributed by atoms with Gasteiger partial charge >= 0.3 is 0 Å². The van der Waals surface area contributed by atoms with Crippen molar-refractivity contribution in [1.82, 2.24) is 0 Å². The molecule has 1 aromatic rings. The lowest BCUT2D eigenvalue weighted by Crippen LogP contribution is -2.44. The van der Waals surface area contributed by atoms with E-state index in [1.54, 1.807) is 0 Å². The molecule has 22 heavy (non-hydrogen) atoms. The minimum atomic E-state index is -3.66. The Balaban J connectivity index is 1.79. The van der Waals surface area contributed by atoms with Crippen molar-refractivity contribution in [3.05, 3.63) is 35.9 Å². The smallest absolute Gasteiger partial charge is 0.264 e. The summed E-state index contributed by atoms with van der Waals surface area (Å²) in [5.74, 6) is 0. The Kier molecular flexibility index (Phi) is 4.49. The van der Waals surface area contributed by atoms with E-state index in [0.717, 1.165) is 11.8 Å². The minimum absolute atomic E-state index is 0.272. The lowest BCUT2D eigenvalue weighted by Gasteiger charge is -2.33. The van der Waals surface area contributed by atoms with Gasteiger partial charge in [-0.1, -0.05) is 30.3 Å². The second-order valence-corrected chi connectivity index (χ2v) is 6.82. The van der Waals surface area contributed by atoms with Crippen LogP contribution in [0.3, 0.4) is 0 Å². The van der Waals surface area contributed by atoms with Crippen LogP contribution in [0.25, 0.3) is 0 Å². The molecule has 0 saturated carbocycles. The zero-order chi connectivity index (χ0) is 15.7. The van der Waals surface area contributed by atoms with Gasteiger partial charge in [-0.2, -0.15) is 8.42 Å². The van der Waals surface area contributed by atoms with Gasteiger partial charge in [-0.15, -0.1) is 0 Å². The van der Waals surface area contributed by atoms with E-state index in [-0.39, 0.29) is 6.61 Å². The molecule has 0 radical (unpaired) electrons. The van der Waals surface area contributed by atoms with Gasteiger partial charge in [0.1, 0.15) is 12.2 Å². The maximum atomic E-state index is 11.5. The summed E-state index contributed by atoms with van der Waals surface area (Å²) in [5, 5.41) is 0. The summed E-state index contributed by atoms with van der Waals surface area (Å²) in [6, 6.07) is 9.40. The van der Waals surface area contributed by atoms with E-state index in [1.165, 1.54) is 7.11 Å². The molecule has 5 atom stereocenters. The molecule has 2 saturated heterocycles. The van der Waals surface area contributed by atoms with Gasteiger partial charge in [-0.25, -0.2) is 0 Å². The van der Waals surface area contributed by atoms with Gasteiger partial charge in [0.05, 0.1) is 12.9 Å². The van der Waals surface area contributed by atoms with Crippen molar-refractivity contribution in [1.29, 1.82) is 0 Å². The number of benzene rings is 1. The number of hydrogen-bond donors (Lipinski definition) is 0. The zero-order valence-corrected chi connectivity index (χ0v) is 13.1. The lowest BCUT2D eigenvalue weighted by molar-refractivity contribution is -0.252. The van der Waals surface area contributed by atoms with Crippen molar-refractivity contribution < 1.29 is 31.5 Å². The van der Waals surface area contributed by atoms with E-state index in [2.05, 4.69) is 0 Å². The Morgan fingerprint density at radius 3 is 2.55 bits per heavy atom. The standard InChI is InChI=1S/C14H18O7S/c1-17-14-12(21-22(2,15)16)11-10(19-14)8-18-13(20-11)9-6-4-3-5-7-9/h3-7,10-14H,8H2,1-2H3/t10?,11?,12-,13+,14+/m1/s1. The van der Waals surface area contributed by atoms with E-state index in [0.29, 0.717) is 0 Å². The molecule has 2 heterocycles. The summed E-state index contributed by atoms with van der Waals surface area (Å²) in [7, 11) is -2.24. The number of fused-ring (bicyclic) bond motifs is 1. The van der Waals surface area contributed by atoms with Gasteiger partial charge in [0.25, 0.3) is 10.1 Å². The summed E-state index contributed by atoms with van der Waals surface area (Å²) in [5.41, 5.74) is 0.847. The molecular weight excluding hydrogens is 312 g/mol. The highest BCUT2D eigenvalue weighted by atomic mass is 32.2. The summed E-state index contributed by atoms with van der Waals surface area (Å²) < 4.78 is 50.3. The highest BCUT2D eigenvalue weighted by Gasteiger charge is 2.51.